The normalized spacial score (nSPS) is 10.3. The number of hydrogen-bond donors (Lipinski definition) is 2. The molecule has 1 aromatic heterocycles. The van der Waals surface area contributed by atoms with Gasteiger partial charge in [0, 0.05) is 23.1 Å². The summed E-state index contributed by atoms with van der Waals surface area (Å²) in [6.07, 6.45) is 1.59. The second-order valence-corrected chi connectivity index (χ2v) is 6.13. The molecule has 0 bridgehead atoms. The zero-order valence-corrected chi connectivity index (χ0v) is 15.2. The molecule has 0 atom stereocenters. The number of amides is 1. The maximum Gasteiger partial charge on any atom is 0.255 e. The highest BCUT2D eigenvalue weighted by atomic mass is 35.5. The van der Waals surface area contributed by atoms with Crippen LogP contribution in [0.3, 0.4) is 0 Å². The molecule has 3 rings (SSSR count). The summed E-state index contributed by atoms with van der Waals surface area (Å²) in [4.78, 5) is 16.7. The van der Waals surface area contributed by atoms with E-state index in [0.29, 0.717) is 27.8 Å². The number of halogens is 1. The first kappa shape index (κ1) is 17.8. The number of carbonyl (C=O) groups excluding carboxylic acids is 1. The van der Waals surface area contributed by atoms with Gasteiger partial charge in [-0.3, -0.25) is 4.79 Å². The van der Waals surface area contributed by atoms with Gasteiger partial charge in [-0.2, -0.15) is 0 Å². The molecule has 0 saturated heterocycles. The number of aryl methyl sites for hydroxylation is 1. The predicted octanol–water partition coefficient (Wildman–Crippen LogP) is 5.05. The minimum Gasteiger partial charge on any atom is -0.495 e. The Balaban J connectivity index is 1.73. The van der Waals surface area contributed by atoms with Gasteiger partial charge in [-0.1, -0.05) is 29.3 Å². The largest absolute Gasteiger partial charge is 0.495 e. The van der Waals surface area contributed by atoms with Crippen molar-refractivity contribution in [3.8, 4) is 5.75 Å². The second kappa shape index (κ2) is 7.89. The fourth-order valence-electron chi connectivity index (χ4n) is 2.37. The summed E-state index contributed by atoms with van der Waals surface area (Å²) in [5.74, 6) is 0.896. The number of aromatic nitrogens is 1. The molecular formula is C20H18ClN3O2. The number of methoxy groups -OCH3 is 1. The van der Waals surface area contributed by atoms with Crippen LogP contribution in [-0.2, 0) is 0 Å². The van der Waals surface area contributed by atoms with E-state index in [9.17, 15) is 4.79 Å². The molecule has 132 valence electrons. The van der Waals surface area contributed by atoms with E-state index in [4.69, 9.17) is 16.3 Å². The average Bonchev–Trinajstić information content (AvgIpc) is 2.64. The van der Waals surface area contributed by atoms with Crippen LogP contribution < -0.4 is 15.4 Å². The molecule has 26 heavy (non-hydrogen) atoms. The number of anilines is 3. The Bertz CT molecular complexity index is 927. The molecule has 0 aliphatic rings. The van der Waals surface area contributed by atoms with Crippen molar-refractivity contribution in [2.24, 2.45) is 0 Å². The van der Waals surface area contributed by atoms with Gasteiger partial charge in [-0.05, 0) is 49.4 Å². The van der Waals surface area contributed by atoms with Crippen LogP contribution >= 0.6 is 11.6 Å². The monoisotopic (exact) mass is 367 g/mol. The number of hydrogen-bond acceptors (Lipinski definition) is 4. The highest BCUT2D eigenvalue weighted by Gasteiger charge is 2.09. The summed E-state index contributed by atoms with van der Waals surface area (Å²) in [5.41, 5.74) is 3.16. The molecule has 2 N–H and O–H groups in total. The van der Waals surface area contributed by atoms with Crippen LogP contribution in [0.1, 0.15) is 15.9 Å². The topological polar surface area (TPSA) is 63.2 Å². The van der Waals surface area contributed by atoms with Gasteiger partial charge in [0.15, 0.2) is 0 Å². The van der Waals surface area contributed by atoms with Crippen molar-refractivity contribution in [3.05, 3.63) is 76.9 Å². The Hall–Kier alpha value is -3.05. The standard InChI is InChI=1S/C20H18ClN3O2/c1-13-3-5-15(6-4-13)23-19-11-14(9-10-22-19)20(25)24-16-7-8-18(26-2)17(21)12-16/h3-12H,1-2H3,(H,22,23)(H,24,25). The van der Waals surface area contributed by atoms with Crippen LogP contribution in [0.4, 0.5) is 17.2 Å². The lowest BCUT2D eigenvalue weighted by Gasteiger charge is -2.10. The van der Waals surface area contributed by atoms with Gasteiger partial charge in [0.25, 0.3) is 5.91 Å². The van der Waals surface area contributed by atoms with Gasteiger partial charge in [0.2, 0.25) is 0 Å². The Labute approximate surface area is 157 Å². The van der Waals surface area contributed by atoms with Crippen molar-refractivity contribution in [2.45, 2.75) is 6.92 Å². The van der Waals surface area contributed by atoms with Gasteiger partial charge in [0.05, 0.1) is 12.1 Å². The van der Waals surface area contributed by atoms with Crippen LogP contribution in [0.2, 0.25) is 5.02 Å². The first-order valence-corrected chi connectivity index (χ1v) is 8.37. The number of ether oxygens (including phenoxy) is 1. The van der Waals surface area contributed by atoms with Crippen molar-refractivity contribution in [1.82, 2.24) is 4.98 Å². The van der Waals surface area contributed by atoms with E-state index < -0.39 is 0 Å². The SMILES string of the molecule is COc1ccc(NC(=O)c2ccnc(Nc3ccc(C)cc3)c2)cc1Cl. The summed E-state index contributed by atoms with van der Waals surface area (Å²) < 4.78 is 5.11. The minimum atomic E-state index is -0.249. The Kier molecular flexibility index (Phi) is 5.39. The number of pyridine rings is 1. The van der Waals surface area contributed by atoms with Crippen LogP contribution in [0, 0.1) is 6.92 Å². The summed E-state index contributed by atoms with van der Waals surface area (Å²) in [5, 5.41) is 6.43. The van der Waals surface area contributed by atoms with Crippen LogP contribution in [0.5, 0.6) is 5.75 Å². The molecular weight excluding hydrogens is 350 g/mol. The number of rotatable bonds is 5. The summed E-state index contributed by atoms with van der Waals surface area (Å²) in [6, 6.07) is 16.4. The third-order valence-corrected chi connectivity index (χ3v) is 4.05. The first-order chi connectivity index (χ1) is 12.5. The van der Waals surface area contributed by atoms with E-state index in [-0.39, 0.29) is 5.91 Å². The van der Waals surface area contributed by atoms with Crippen molar-refractivity contribution >= 4 is 34.7 Å². The molecule has 0 unspecified atom stereocenters. The van der Waals surface area contributed by atoms with E-state index in [0.717, 1.165) is 5.69 Å². The highest BCUT2D eigenvalue weighted by Crippen LogP contribution is 2.27. The molecule has 1 heterocycles. The Morgan fingerprint density at radius 3 is 2.46 bits per heavy atom. The van der Waals surface area contributed by atoms with E-state index >= 15 is 0 Å². The smallest absolute Gasteiger partial charge is 0.255 e. The fourth-order valence-corrected chi connectivity index (χ4v) is 2.63. The zero-order valence-electron chi connectivity index (χ0n) is 14.4. The molecule has 0 aliphatic carbocycles. The van der Waals surface area contributed by atoms with Gasteiger partial charge < -0.3 is 15.4 Å². The van der Waals surface area contributed by atoms with Crippen molar-refractivity contribution in [2.75, 3.05) is 17.7 Å². The summed E-state index contributed by atoms with van der Waals surface area (Å²) in [7, 11) is 1.54. The predicted molar refractivity (Wildman–Crippen MR) is 105 cm³/mol. The third kappa shape index (κ3) is 4.32. The molecule has 0 fully saturated rings. The molecule has 0 saturated carbocycles. The molecule has 0 aliphatic heterocycles. The number of benzene rings is 2. The molecule has 5 nitrogen and oxygen atoms in total. The van der Waals surface area contributed by atoms with Crippen LogP contribution in [0.15, 0.2) is 60.8 Å². The molecule has 6 heteroatoms. The number of nitrogens with one attached hydrogen (secondary N) is 2. The zero-order chi connectivity index (χ0) is 18.5. The maximum absolute atomic E-state index is 12.5. The van der Waals surface area contributed by atoms with Crippen molar-refractivity contribution < 1.29 is 9.53 Å². The lowest BCUT2D eigenvalue weighted by molar-refractivity contribution is 0.102. The van der Waals surface area contributed by atoms with Crippen molar-refractivity contribution in [3.63, 3.8) is 0 Å². The Morgan fingerprint density at radius 1 is 1.04 bits per heavy atom. The van der Waals surface area contributed by atoms with E-state index in [2.05, 4.69) is 15.6 Å². The number of nitrogens with zero attached hydrogens (tertiary/aromatic N) is 1. The summed E-state index contributed by atoms with van der Waals surface area (Å²) in [6.45, 7) is 2.03. The quantitative estimate of drug-likeness (QED) is 0.662. The molecule has 1 amide bonds. The third-order valence-electron chi connectivity index (χ3n) is 3.76. The highest BCUT2D eigenvalue weighted by molar-refractivity contribution is 6.32. The first-order valence-electron chi connectivity index (χ1n) is 8.00. The summed E-state index contributed by atoms with van der Waals surface area (Å²) >= 11 is 6.09. The molecule has 0 radical (unpaired) electrons. The van der Waals surface area contributed by atoms with Gasteiger partial charge >= 0.3 is 0 Å². The van der Waals surface area contributed by atoms with Gasteiger partial charge in [-0.15, -0.1) is 0 Å². The fraction of sp³-hybridized carbons (Fsp3) is 0.100. The number of carbonyl (C=O) groups is 1. The lowest BCUT2D eigenvalue weighted by Crippen LogP contribution is -2.12. The lowest BCUT2D eigenvalue weighted by atomic mass is 10.2. The maximum atomic E-state index is 12.5. The van der Waals surface area contributed by atoms with E-state index in [1.807, 2.05) is 31.2 Å². The van der Waals surface area contributed by atoms with Gasteiger partial charge in [0.1, 0.15) is 11.6 Å². The van der Waals surface area contributed by atoms with Crippen LogP contribution in [0.25, 0.3) is 0 Å². The minimum absolute atomic E-state index is 0.249. The van der Waals surface area contributed by atoms with E-state index in [1.165, 1.54) is 5.56 Å². The molecule has 3 aromatic rings. The van der Waals surface area contributed by atoms with Crippen LogP contribution in [-0.4, -0.2) is 18.0 Å². The molecule has 2 aromatic carbocycles. The van der Waals surface area contributed by atoms with E-state index in [1.54, 1.807) is 43.6 Å². The second-order valence-electron chi connectivity index (χ2n) is 5.72. The Morgan fingerprint density at radius 2 is 1.77 bits per heavy atom. The average molecular weight is 368 g/mol. The van der Waals surface area contributed by atoms with Crippen molar-refractivity contribution in [1.29, 1.82) is 0 Å². The molecule has 0 spiro atoms. The van der Waals surface area contributed by atoms with Gasteiger partial charge in [-0.25, -0.2) is 4.98 Å².